The molecule has 0 spiro atoms. The predicted molar refractivity (Wildman–Crippen MR) is 46.1 cm³/mol. The molecule has 0 amide bonds. The van der Waals surface area contributed by atoms with Crippen molar-refractivity contribution in [3.8, 4) is 11.8 Å². The SMILES string of the molecule is O=C(O)C#CC(=O)c1ccc(F)c(F)c1. The van der Waals surface area contributed by atoms with E-state index in [0.29, 0.717) is 6.07 Å². The molecule has 0 bridgehead atoms. The van der Waals surface area contributed by atoms with E-state index in [4.69, 9.17) is 5.11 Å². The molecule has 15 heavy (non-hydrogen) atoms. The monoisotopic (exact) mass is 210 g/mol. The summed E-state index contributed by atoms with van der Waals surface area (Å²) in [6, 6.07) is 2.45. The van der Waals surface area contributed by atoms with Crippen molar-refractivity contribution >= 4 is 11.8 Å². The summed E-state index contributed by atoms with van der Waals surface area (Å²) in [6.07, 6.45) is 0. The maximum Gasteiger partial charge on any atom is 0.382 e. The number of halogens is 2. The van der Waals surface area contributed by atoms with Crippen LogP contribution in [-0.2, 0) is 4.79 Å². The Morgan fingerprint density at radius 2 is 1.80 bits per heavy atom. The Bertz CT molecular complexity index is 483. The molecular formula is C10H4F2O3. The number of carboxylic acid groups (broad SMARTS) is 1. The number of ketones is 1. The third-order valence-corrected chi connectivity index (χ3v) is 1.46. The first-order valence-corrected chi connectivity index (χ1v) is 3.75. The van der Waals surface area contributed by atoms with Gasteiger partial charge in [-0.25, -0.2) is 13.6 Å². The van der Waals surface area contributed by atoms with Gasteiger partial charge in [0.2, 0.25) is 5.78 Å². The highest BCUT2D eigenvalue weighted by Gasteiger charge is 2.07. The summed E-state index contributed by atoms with van der Waals surface area (Å²) in [4.78, 5) is 21.1. The summed E-state index contributed by atoms with van der Waals surface area (Å²) in [5.74, 6) is -1.27. The maximum absolute atomic E-state index is 12.6. The molecule has 1 aromatic rings. The summed E-state index contributed by atoms with van der Waals surface area (Å²) in [6.45, 7) is 0. The molecule has 0 unspecified atom stereocenters. The van der Waals surface area contributed by atoms with Crippen LogP contribution in [-0.4, -0.2) is 16.9 Å². The fourth-order valence-corrected chi connectivity index (χ4v) is 0.820. The van der Waals surface area contributed by atoms with Crippen LogP contribution in [0.4, 0.5) is 8.78 Å². The number of Topliss-reactive ketones (excluding diaryl/α,β-unsaturated/α-hetero) is 1. The van der Waals surface area contributed by atoms with E-state index < -0.39 is 23.4 Å². The van der Waals surface area contributed by atoms with Gasteiger partial charge in [-0.2, -0.15) is 0 Å². The minimum absolute atomic E-state index is 0.192. The lowest BCUT2D eigenvalue weighted by molar-refractivity contribution is -0.130. The van der Waals surface area contributed by atoms with E-state index in [1.54, 1.807) is 11.8 Å². The van der Waals surface area contributed by atoms with Crippen molar-refractivity contribution in [1.82, 2.24) is 0 Å². The molecule has 3 nitrogen and oxygen atoms in total. The van der Waals surface area contributed by atoms with Crippen molar-refractivity contribution in [2.24, 2.45) is 0 Å². The Morgan fingerprint density at radius 1 is 1.13 bits per heavy atom. The molecule has 0 fully saturated rings. The number of hydrogen-bond donors (Lipinski definition) is 1. The van der Waals surface area contributed by atoms with Gasteiger partial charge in [-0.05, 0) is 24.1 Å². The van der Waals surface area contributed by atoms with Crippen molar-refractivity contribution in [1.29, 1.82) is 0 Å². The van der Waals surface area contributed by atoms with Crippen LogP contribution in [0, 0.1) is 23.5 Å². The van der Waals surface area contributed by atoms with Crippen molar-refractivity contribution in [3.05, 3.63) is 35.4 Å². The van der Waals surface area contributed by atoms with Gasteiger partial charge < -0.3 is 5.11 Å². The van der Waals surface area contributed by atoms with Crippen LogP contribution < -0.4 is 0 Å². The lowest BCUT2D eigenvalue weighted by atomic mass is 10.1. The first-order chi connectivity index (χ1) is 7.00. The summed E-state index contributed by atoms with van der Waals surface area (Å²) >= 11 is 0. The molecule has 0 aliphatic carbocycles. The predicted octanol–water partition coefficient (Wildman–Crippen LogP) is 1.24. The highest BCUT2D eigenvalue weighted by molar-refractivity contribution is 6.11. The lowest BCUT2D eigenvalue weighted by Crippen LogP contribution is -1.98. The van der Waals surface area contributed by atoms with E-state index in [1.807, 2.05) is 0 Å². The number of carboxylic acids is 1. The number of rotatable bonds is 1. The van der Waals surface area contributed by atoms with Crippen molar-refractivity contribution in [2.75, 3.05) is 0 Å². The van der Waals surface area contributed by atoms with Gasteiger partial charge in [-0.1, -0.05) is 0 Å². The third-order valence-electron chi connectivity index (χ3n) is 1.46. The van der Waals surface area contributed by atoms with Crippen molar-refractivity contribution in [3.63, 3.8) is 0 Å². The molecule has 0 heterocycles. The van der Waals surface area contributed by atoms with Gasteiger partial charge in [0, 0.05) is 11.5 Å². The molecule has 0 aromatic heterocycles. The third kappa shape index (κ3) is 2.88. The number of carbonyl (C=O) groups is 2. The molecule has 1 N–H and O–H groups in total. The average Bonchev–Trinajstić information content (AvgIpc) is 2.18. The zero-order valence-electron chi connectivity index (χ0n) is 7.25. The number of aliphatic carboxylic acids is 1. The van der Waals surface area contributed by atoms with Crippen LogP contribution in [0.3, 0.4) is 0 Å². The van der Waals surface area contributed by atoms with E-state index in [0.717, 1.165) is 12.1 Å². The van der Waals surface area contributed by atoms with Gasteiger partial charge in [0.1, 0.15) is 0 Å². The molecule has 0 aliphatic rings. The molecule has 0 aliphatic heterocycles. The molecular weight excluding hydrogens is 206 g/mol. The Kier molecular flexibility index (Phi) is 3.13. The van der Waals surface area contributed by atoms with Gasteiger partial charge >= 0.3 is 5.97 Å². The van der Waals surface area contributed by atoms with Crippen LogP contribution in [0.2, 0.25) is 0 Å². The zero-order valence-corrected chi connectivity index (χ0v) is 7.25. The van der Waals surface area contributed by atoms with Gasteiger partial charge in [0.05, 0.1) is 0 Å². The first kappa shape index (κ1) is 10.9. The van der Waals surface area contributed by atoms with Crippen LogP contribution in [0.1, 0.15) is 10.4 Å². The summed E-state index contributed by atoms with van der Waals surface area (Å²) in [5.41, 5.74) is -0.192. The molecule has 1 rings (SSSR count). The minimum Gasteiger partial charge on any atom is -0.472 e. The molecule has 0 saturated heterocycles. The molecule has 1 aromatic carbocycles. The van der Waals surface area contributed by atoms with Crippen molar-refractivity contribution < 1.29 is 23.5 Å². The molecule has 0 saturated carbocycles. The molecule has 0 radical (unpaired) electrons. The second kappa shape index (κ2) is 4.33. The number of benzene rings is 1. The molecule has 0 atom stereocenters. The molecule has 76 valence electrons. The average molecular weight is 210 g/mol. The Morgan fingerprint density at radius 3 is 2.33 bits per heavy atom. The highest BCUT2D eigenvalue weighted by Crippen LogP contribution is 2.08. The van der Waals surface area contributed by atoms with E-state index in [2.05, 4.69) is 0 Å². The normalized spacial score (nSPS) is 8.93. The van der Waals surface area contributed by atoms with E-state index in [-0.39, 0.29) is 5.56 Å². The first-order valence-electron chi connectivity index (χ1n) is 3.75. The topological polar surface area (TPSA) is 54.4 Å². The van der Waals surface area contributed by atoms with Crippen LogP contribution in [0.15, 0.2) is 18.2 Å². The van der Waals surface area contributed by atoms with E-state index in [1.165, 1.54) is 0 Å². The van der Waals surface area contributed by atoms with Crippen molar-refractivity contribution in [2.45, 2.75) is 0 Å². The van der Waals surface area contributed by atoms with Gasteiger partial charge in [0.25, 0.3) is 0 Å². The van der Waals surface area contributed by atoms with Gasteiger partial charge in [0.15, 0.2) is 11.6 Å². The zero-order chi connectivity index (χ0) is 11.4. The maximum atomic E-state index is 12.6. The summed E-state index contributed by atoms with van der Waals surface area (Å²) < 4.78 is 25.1. The van der Waals surface area contributed by atoms with Crippen LogP contribution in [0.25, 0.3) is 0 Å². The Balaban J connectivity index is 2.99. The summed E-state index contributed by atoms with van der Waals surface area (Å²) in [5, 5.41) is 8.15. The second-order valence-corrected chi connectivity index (χ2v) is 2.51. The van der Waals surface area contributed by atoms with Gasteiger partial charge in [-0.3, -0.25) is 4.79 Å². The second-order valence-electron chi connectivity index (χ2n) is 2.51. The van der Waals surface area contributed by atoms with E-state index >= 15 is 0 Å². The fourth-order valence-electron chi connectivity index (χ4n) is 0.820. The van der Waals surface area contributed by atoms with E-state index in [9.17, 15) is 18.4 Å². The largest absolute Gasteiger partial charge is 0.472 e. The smallest absolute Gasteiger partial charge is 0.382 e. The van der Waals surface area contributed by atoms with Crippen LogP contribution in [0.5, 0.6) is 0 Å². The standard InChI is InChI=1S/C10H4F2O3/c11-7-2-1-6(5-8(7)12)9(13)3-4-10(14)15/h1-2,5H,(H,14,15). The fraction of sp³-hybridized carbons (Fsp3) is 0. The highest BCUT2D eigenvalue weighted by atomic mass is 19.2. The lowest BCUT2D eigenvalue weighted by Gasteiger charge is -1.94. The Labute approximate surface area is 83.3 Å². The number of hydrogen-bond acceptors (Lipinski definition) is 2. The molecule has 5 heteroatoms. The number of carbonyl (C=O) groups excluding carboxylic acids is 1. The Hall–Kier alpha value is -2.22. The minimum atomic E-state index is -1.47. The quantitative estimate of drug-likeness (QED) is 0.431. The summed E-state index contributed by atoms with van der Waals surface area (Å²) in [7, 11) is 0. The van der Waals surface area contributed by atoms with Gasteiger partial charge in [-0.15, -0.1) is 0 Å². The van der Waals surface area contributed by atoms with Crippen LogP contribution >= 0.6 is 0 Å².